The maximum atomic E-state index is 13.9. The van der Waals surface area contributed by atoms with E-state index in [0.717, 1.165) is 0 Å². The van der Waals surface area contributed by atoms with Crippen molar-refractivity contribution in [2.24, 2.45) is 5.92 Å². The topological polar surface area (TPSA) is 37.3 Å². The second-order valence-electron chi connectivity index (χ2n) is 4.15. The van der Waals surface area contributed by atoms with Crippen molar-refractivity contribution in [2.45, 2.75) is 26.7 Å². The number of hydrogen-bond donors (Lipinski definition) is 1. The predicted octanol–water partition coefficient (Wildman–Crippen LogP) is 3.72. The fourth-order valence-corrected chi connectivity index (χ4v) is 2.13. The summed E-state index contributed by atoms with van der Waals surface area (Å²) in [6, 6.07) is 3.31. The number of halogens is 2. The van der Waals surface area contributed by atoms with Crippen LogP contribution in [0.2, 0.25) is 0 Å². The second-order valence-corrected chi connectivity index (χ2v) is 5.01. The van der Waals surface area contributed by atoms with E-state index in [9.17, 15) is 9.18 Å². The third-order valence-corrected chi connectivity index (χ3v) is 3.21. The van der Waals surface area contributed by atoms with Gasteiger partial charge in [0.15, 0.2) is 0 Å². The Labute approximate surface area is 103 Å². The van der Waals surface area contributed by atoms with Crippen molar-refractivity contribution in [3.63, 3.8) is 0 Å². The molecule has 0 aliphatic rings. The molecule has 88 valence electrons. The van der Waals surface area contributed by atoms with Gasteiger partial charge >= 0.3 is 5.97 Å². The lowest BCUT2D eigenvalue weighted by Gasteiger charge is -2.20. The SMILES string of the molecule is Cc1ccc(Br)c(F)c1C(C(=O)O)C(C)C. The summed E-state index contributed by atoms with van der Waals surface area (Å²) in [6.07, 6.45) is 0. The van der Waals surface area contributed by atoms with Gasteiger partial charge in [-0.05, 0) is 40.4 Å². The quantitative estimate of drug-likeness (QED) is 0.920. The molecule has 0 aliphatic heterocycles. The van der Waals surface area contributed by atoms with Crippen LogP contribution in [0.3, 0.4) is 0 Å². The number of rotatable bonds is 3. The number of carboxylic acids is 1. The summed E-state index contributed by atoms with van der Waals surface area (Å²) in [5.41, 5.74) is 0.943. The average molecular weight is 289 g/mol. The van der Waals surface area contributed by atoms with Crippen LogP contribution in [-0.4, -0.2) is 11.1 Å². The first kappa shape index (κ1) is 13.2. The molecule has 0 radical (unpaired) electrons. The Balaban J connectivity index is 3.40. The van der Waals surface area contributed by atoms with Crippen LogP contribution in [-0.2, 0) is 4.79 Å². The van der Waals surface area contributed by atoms with Crippen LogP contribution in [0.25, 0.3) is 0 Å². The van der Waals surface area contributed by atoms with Gasteiger partial charge < -0.3 is 5.11 Å². The molecule has 16 heavy (non-hydrogen) atoms. The van der Waals surface area contributed by atoms with Crippen LogP contribution in [0.5, 0.6) is 0 Å². The molecule has 4 heteroatoms. The van der Waals surface area contributed by atoms with E-state index in [1.807, 2.05) is 0 Å². The molecule has 2 nitrogen and oxygen atoms in total. The molecule has 1 atom stereocenters. The van der Waals surface area contributed by atoms with Crippen molar-refractivity contribution in [1.29, 1.82) is 0 Å². The molecule has 0 bridgehead atoms. The molecule has 1 N–H and O–H groups in total. The number of benzene rings is 1. The normalized spacial score (nSPS) is 12.9. The lowest BCUT2D eigenvalue weighted by molar-refractivity contribution is -0.140. The van der Waals surface area contributed by atoms with E-state index in [4.69, 9.17) is 5.11 Å². The minimum atomic E-state index is -0.991. The van der Waals surface area contributed by atoms with Crippen molar-refractivity contribution in [3.8, 4) is 0 Å². The summed E-state index contributed by atoms with van der Waals surface area (Å²) in [5.74, 6) is -2.42. The standard InChI is InChI=1S/C12H14BrFO2/c1-6(2)9(12(15)16)10-7(3)4-5-8(13)11(10)14/h4-6,9H,1-3H3,(H,15,16). The van der Waals surface area contributed by atoms with Gasteiger partial charge in [0.2, 0.25) is 0 Å². The van der Waals surface area contributed by atoms with Gasteiger partial charge in [0.05, 0.1) is 10.4 Å². The molecule has 0 amide bonds. The Bertz CT molecular complexity index is 416. The van der Waals surface area contributed by atoms with Crippen LogP contribution < -0.4 is 0 Å². The molecule has 0 aromatic heterocycles. The first-order valence-electron chi connectivity index (χ1n) is 5.03. The van der Waals surface area contributed by atoms with Crippen LogP contribution in [0.4, 0.5) is 4.39 Å². The lowest BCUT2D eigenvalue weighted by Crippen LogP contribution is -2.20. The molecule has 0 fully saturated rings. The molecule has 1 aromatic carbocycles. The Kier molecular flexibility index (Phi) is 4.08. The van der Waals surface area contributed by atoms with Gasteiger partial charge in [0.1, 0.15) is 5.82 Å². The zero-order valence-corrected chi connectivity index (χ0v) is 11.0. The summed E-state index contributed by atoms with van der Waals surface area (Å²) in [7, 11) is 0. The van der Waals surface area contributed by atoms with E-state index < -0.39 is 17.7 Å². The van der Waals surface area contributed by atoms with Crippen molar-refractivity contribution >= 4 is 21.9 Å². The Hall–Kier alpha value is -0.900. The van der Waals surface area contributed by atoms with Gasteiger partial charge in [-0.1, -0.05) is 19.9 Å². The van der Waals surface area contributed by atoms with Gasteiger partial charge in [-0.2, -0.15) is 0 Å². The summed E-state index contributed by atoms with van der Waals surface area (Å²) in [5, 5.41) is 9.15. The van der Waals surface area contributed by atoms with Crippen LogP contribution in [0.15, 0.2) is 16.6 Å². The summed E-state index contributed by atoms with van der Waals surface area (Å²) >= 11 is 3.08. The van der Waals surface area contributed by atoms with Gasteiger partial charge in [0.25, 0.3) is 0 Å². The molecular weight excluding hydrogens is 275 g/mol. The van der Waals surface area contributed by atoms with E-state index in [0.29, 0.717) is 10.0 Å². The Morgan fingerprint density at radius 2 is 2.00 bits per heavy atom. The van der Waals surface area contributed by atoms with Crippen LogP contribution in [0, 0.1) is 18.7 Å². The van der Waals surface area contributed by atoms with Crippen LogP contribution in [0.1, 0.15) is 30.9 Å². The van der Waals surface area contributed by atoms with E-state index in [1.54, 1.807) is 32.9 Å². The fraction of sp³-hybridized carbons (Fsp3) is 0.417. The van der Waals surface area contributed by atoms with Gasteiger partial charge in [-0.25, -0.2) is 4.39 Å². The van der Waals surface area contributed by atoms with Gasteiger partial charge in [-0.3, -0.25) is 4.79 Å². The third kappa shape index (κ3) is 2.43. The molecule has 0 saturated carbocycles. The highest BCUT2D eigenvalue weighted by molar-refractivity contribution is 9.10. The predicted molar refractivity (Wildman–Crippen MR) is 64.1 cm³/mol. The van der Waals surface area contributed by atoms with Crippen molar-refractivity contribution in [1.82, 2.24) is 0 Å². The first-order chi connectivity index (χ1) is 7.36. The molecule has 1 rings (SSSR count). The number of carbonyl (C=O) groups is 1. The monoisotopic (exact) mass is 288 g/mol. The zero-order valence-electron chi connectivity index (χ0n) is 9.42. The maximum Gasteiger partial charge on any atom is 0.311 e. The highest BCUT2D eigenvalue weighted by atomic mass is 79.9. The van der Waals surface area contributed by atoms with Gasteiger partial charge in [0, 0.05) is 5.56 Å². The fourth-order valence-electron chi connectivity index (χ4n) is 1.79. The summed E-state index contributed by atoms with van der Waals surface area (Å²) < 4.78 is 14.2. The van der Waals surface area contributed by atoms with E-state index in [-0.39, 0.29) is 11.5 Å². The lowest BCUT2D eigenvalue weighted by atomic mass is 9.85. The zero-order chi connectivity index (χ0) is 12.5. The van der Waals surface area contributed by atoms with Crippen molar-refractivity contribution in [2.75, 3.05) is 0 Å². The Morgan fingerprint density at radius 3 is 2.44 bits per heavy atom. The largest absolute Gasteiger partial charge is 0.481 e. The molecule has 1 unspecified atom stereocenters. The number of hydrogen-bond acceptors (Lipinski definition) is 1. The third-order valence-electron chi connectivity index (χ3n) is 2.59. The van der Waals surface area contributed by atoms with E-state index >= 15 is 0 Å². The minimum absolute atomic E-state index is 0.153. The average Bonchev–Trinajstić information content (AvgIpc) is 2.17. The highest BCUT2D eigenvalue weighted by Gasteiger charge is 2.28. The number of carboxylic acid groups (broad SMARTS) is 1. The minimum Gasteiger partial charge on any atom is -0.481 e. The smallest absolute Gasteiger partial charge is 0.311 e. The van der Waals surface area contributed by atoms with Gasteiger partial charge in [-0.15, -0.1) is 0 Å². The molecule has 0 aliphatic carbocycles. The maximum absolute atomic E-state index is 13.9. The molecule has 0 spiro atoms. The van der Waals surface area contributed by atoms with E-state index in [1.165, 1.54) is 0 Å². The molecule has 0 saturated heterocycles. The first-order valence-corrected chi connectivity index (χ1v) is 5.82. The Morgan fingerprint density at radius 1 is 1.44 bits per heavy atom. The van der Waals surface area contributed by atoms with Crippen molar-refractivity contribution in [3.05, 3.63) is 33.5 Å². The molecule has 0 heterocycles. The highest BCUT2D eigenvalue weighted by Crippen LogP contribution is 2.32. The number of aliphatic carboxylic acids is 1. The molecular formula is C12H14BrFO2. The van der Waals surface area contributed by atoms with Crippen molar-refractivity contribution < 1.29 is 14.3 Å². The van der Waals surface area contributed by atoms with E-state index in [2.05, 4.69) is 15.9 Å². The summed E-state index contributed by atoms with van der Waals surface area (Å²) in [6.45, 7) is 5.28. The number of aryl methyl sites for hydroxylation is 1. The summed E-state index contributed by atoms with van der Waals surface area (Å²) in [4.78, 5) is 11.2. The second kappa shape index (κ2) is 4.95. The van der Waals surface area contributed by atoms with Crippen LogP contribution >= 0.6 is 15.9 Å². The molecule has 1 aromatic rings.